The number of amides is 4. The number of rotatable bonds is 3. The number of aliphatic hydroxyl groups is 1. The van der Waals surface area contributed by atoms with Crippen molar-refractivity contribution in [3.63, 3.8) is 0 Å². The third-order valence-corrected chi connectivity index (χ3v) is 3.82. The predicted octanol–water partition coefficient (Wildman–Crippen LogP) is -1.91. The van der Waals surface area contributed by atoms with Crippen molar-refractivity contribution < 1.29 is 30.5 Å². The molecule has 4 heterocycles. The second-order valence-corrected chi connectivity index (χ2v) is 6.33. The maximum absolute atomic E-state index is 11.2. The molecule has 0 unspecified atom stereocenters. The highest BCUT2D eigenvalue weighted by Gasteiger charge is 2.23. The summed E-state index contributed by atoms with van der Waals surface area (Å²) >= 11 is 0. The summed E-state index contributed by atoms with van der Waals surface area (Å²) < 4.78 is 3.15. The van der Waals surface area contributed by atoms with Crippen LogP contribution < -0.4 is 21.7 Å². The number of allylic oxidation sites excluding steroid dienone is 1. The smallest absolute Gasteiger partial charge is 0.321 e. The molecule has 2 aromatic rings. The maximum atomic E-state index is 11.2. The predicted molar refractivity (Wildman–Crippen MR) is 117 cm³/mol. The van der Waals surface area contributed by atoms with E-state index >= 15 is 0 Å². The van der Waals surface area contributed by atoms with Gasteiger partial charge in [-0.05, 0) is 18.2 Å². The summed E-state index contributed by atoms with van der Waals surface area (Å²) in [6.07, 6.45) is 5.56. The number of aryl methyl sites for hydroxylation is 2. The molecule has 2 saturated heterocycles. The molecule has 0 spiro atoms. The van der Waals surface area contributed by atoms with E-state index in [1.54, 1.807) is 49.4 Å². The molecule has 14 heteroatoms. The van der Waals surface area contributed by atoms with Crippen LogP contribution in [0.5, 0.6) is 0 Å². The van der Waals surface area contributed by atoms with Gasteiger partial charge in [-0.3, -0.25) is 33.9 Å². The van der Waals surface area contributed by atoms with Crippen molar-refractivity contribution in [3.05, 3.63) is 41.6 Å². The molecule has 4 amide bonds. The van der Waals surface area contributed by atoms with Gasteiger partial charge in [-0.1, -0.05) is 0 Å². The van der Waals surface area contributed by atoms with E-state index in [-0.39, 0.29) is 38.6 Å². The number of Topliss-reactive ketones (excluding diaryl/α,β-unsaturated/α-hetero) is 1. The summed E-state index contributed by atoms with van der Waals surface area (Å²) in [5.74, 6) is -0.676. The van der Waals surface area contributed by atoms with Crippen molar-refractivity contribution in [1.82, 2.24) is 35.5 Å². The lowest BCUT2D eigenvalue weighted by molar-refractivity contribution is -0.122. The number of hydrogen-bond donors (Lipinski definition) is 5. The van der Waals surface area contributed by atoms with Gasteiger partial charge in [0.05, 0.1) is 31.0 Å². The fourth-order valence-corrected chi connectivity index (χ4v) is 2.17. The zero-order chi connectivity index (χ0) is 24.8. The van der Waals surface area contributed by atoms with Gasteiger partial charge in [-0.15, -0.1) is 0 Å². The van der Waals surface area contributed by atoms with Crippen molar-refractivity contribution in [1.29, 1.82) is 0 Å². The summed E-state index contributed by atoms with van der Waals surface area (Å²) in [4.78, 5) is 52.2. The molecule has 2 aliphatic rings. The third kappa shape index (κ3) is 9.67. The quantitative estimate of drug-likeness (QED) is 0.148. The molecular formula is C19H28N8O6. The Morgan fingerprint density at radius 2 is 1.64 bits per heavy atom. The zero-order valence-electron chi connectivity index (χ0n) is 18.1. The van der Waals surface area contributed by atoms with E-state index in [4.69, 9.17) is 10.8 Å². The number of imide groups is 1. The molecule has 180 valence electrons. The largest absolute Gasteiger partial charge is 0.395 e. The zero-order valence-corrected chi connectivity index (χ0v) is 18.1. The first-order valence-electron chi connectivity index (χ1n) is 9.56. The molecule has 0 saturated carbocycles. The summed E-state index contributed by atoms with van der Waals surface area (Å²) in [5, 5.41) is 22.3. The van der Waals surface area contributed by atoms with Crippen LogP contribution in [0, 0.1) is 0 Å². The maximum Gasteiger partial charge on any atom is 0.321 e. The van der Waals surface area contributed by atoms with Gasteiger partial charge in [0, 0.05) is 34.5 Å². The van der Waals surface area contributed by atoms with Gasteiger partial charge in [0.15, 0.2) is 12.1 Å². The van der Waals surface area contributed by atoms with Gasteiger partial charge in [0.2, 0.25) is 11.8 Å². The van der Waals surface area contributed by atoms with E-state index in [1.807, 2.05) is 5.32 Å². The van der Waals surface area contributed by atoms with Crippen molar-refractivity contribution in [2.75, 3.05) is 19.7 Å². The first-order valence-corrected chi connectivity index (χ1v) is 9.56. The number of aldehydes is 1. The summed E-state index contributed by atoms with van der Waals surface area (Å²) in [7, 11) is 3.50. The molecule has 0 atom stereocenters. The van der Waals surface area contributed by atoms with Gasteiger partial charge in [-0.2, -0.15) is 10.2 Å². The van der Waals surface area contributed by atoms with E-state index < -0.39 is 6.03 Å². The van der Waals surface area contributed by atoms with Crippen molar-refractivity contribution in [3.8, 4) is 0 Å². The van der Waals surface area contributed by atoms with Gasteiger partial charge in [0.25, 0.3) is 0 Å². The summed E-state index contributed by atoms with van der Waals surface area (Å²) in [6.45, 7) is 0.596. The molecule has 33 heavy (non-hydrogen) atoms. The molecule has 0 radical (unpaired) electrons. The highest BCUT2D eigenvalue weighted by molar-refractivity contribution is 6.16. The average Bonchev–Trinajstić information content (AvgIpc) is 3.55. The summed E-state index contributed by atoms with van der Waals surface area (Å²) in [5.41, 5.74) is 6.51. The second kappa shape index (κ2) is 14.0. The minimum atomic E-state index is -0.398. The number of aromatic nitrogens is 4. The minimum absolute atomic E-state index is 0. The number of nitrogens with one attached hydrogen (secondary N) is 3. The molecule has 0 aliphatic carbocycles. The fraction of sp³-hybridized carbons (Fsp3) is 0.316. The topological polar surface area (TPSA) is 203 Å². The van der Waals surface area contributed by atoms with Crippen LogP contribution in [-0.2, 0) is 28.5 Å². The van der Waals surface area contributed by atoms with Crippen LogP contribution in [0.4, 0.5) is 4.79 Å². The Bertz CT molecular complexity index is 1000. The van der Waals surface area contributed by atoms with Crippen molar-refractivity contribution in [2.45, 2.75) is 6.42 Å². The standard InChI is InChI=1S/C9H9N3O2.C5H6N2O.C3H4N2O2.C2H7NO.H2/c1-12-6(2-3-10-12)4-7-8(13)5-9(14)11-7;1-7-5(4-8)2-3-6-7;6-2-1-4-3(7)5-2;3-1-2-4;/h2-4H,5H2,1H3,(H,11,14);2-4H,1H3;1H2,(H2,4,5,6,7);4H,1-3H2;1H/b7-4+;;;;/i;;;;1+1. The number of nitrogens with two attached hydrogens (primary N) is 1. The Labute approximate surface area is 190 Å². The lowest BCUT2D eigenvalue weighted by atomic mass is 10.2. The van der Waals surface area contributed by atoms with Crippen molar-refractivity contribution in [2.24, 2.45) is 19.8 Å². The second-order valence-electron chi connectivity index (χ2n) is 6.33. The highest BCUT2D eigenvalue weighted by Crippen LogP contribution is 2.10. The van der Waals surface area contributed by atoms with Gasteiger partial charge in [0.1, 0.15) is 5.69 Å². The van der Waals surface area contributed by atoms with E-state index in [2.05, 4.69) is 20.8 Å². The van der Waals surface area contributed by atoms with E-state index in [1.165, 1.54) is 4.68 Å². The Morgan fingerprint density at radius 3 is 1.91 bits per heavy atom. The Kier molecular flexibility index (Phi) is 11.4. The van der Waals surface area contributed by atoms with Crippen LogP contribution in [0.2, 0.25) is 0 Å². The van der Waals surface area contributed by atoms with Crippen LogP contribution in [0.15, 0.2) is 30.2 Å². The minimum Gasteiger partial charge on any atom is -0.395 e. The van der Waals surface area contributed by atoms with Crippen LogP contribution in [-0.4, -0.2) is 74.3 Å². The molecular weight excluding hydrogens is 436 g/mol. The number of carbonyl (C=O) groups is 5. The number of nitrogens with zero attached hydrogens (tertiary/aromatic N) is 4. The summed E-state index contributed by atoms with van der Waals surface area (Å²) in [6, 6.07) is 3.03. The molecule has 14 nitrogen and oxygen atoms in total. The van der Waals surface area contributed by atoms with Crippen molar-refractivity contribution >= 4 is 36.0 Å². The van der Waals surface area contributed by atoms with Crippen LogP contribution in [0.25, 0.3) is 6.08 Å². The number of hydrogen-bond acceptors (Lipinski definition) is 9. The van der Waals surface area contributed by atoms with Crippen LogP contribution >= 0.6 is 0 Å². The monoisotopic (exact) mass is 465 g/mol. The van der Waals surface area contributed by atoms with Gasteiger partial charge < -0.3 is 21.5 Å². The molecule has 6 N–H and O–H groups in total. The number of carbonyl (C=O) groups excluding carboxylic acids is 5. The number of urea groups is 1. The molecule has 4 rings (SSSR count). The molecule has 0 aromatic carbocycles. The molecule has 0 bridgehead atoms. The third-order valence-electron chi connectivity index (χ3n) is 3.82. The lowest BCUT2D eigenvalue weighted by Gasteiger charge is -1.96. The highest BCUT2D eigenvalue weighted by atomic mass is 16.3. The Hall–Kier alpha value is -4.17. The number of ketones is 1. The van der Waals surface area contributed by atoms with E-state index in [0.717, 1.165) is 12.0 Å². The van der Waals surface area contributed by atoms with Crippen LogP contribution in [0.1, 0.15) is 24.0 Å². The van der Waals surface area contributed by atoms with Gasteiger partial charge >= 0.3 is 6.03 Å². The Morgan fingerprint density at radius 1 is 1.06 bits per heavy atom. The Balaban J connectivity index is 0.000000468. The fourth-order valence-electron chi connectivity index (χ4n) is 2.17. The average molecular weight is 465 g/mol. The normalized spacial score (nSPS) is 15.2. The van der Waals surface area contributed by atoms with E-state index in [0.29, 0.717) is 17.9 Å². The van der Waals surface area contributed by atoms with Gasteiger partial charge in [-0.25, -0.2) is 4.79 Å². The van der Waals surface area contributed by atoms with Crippen LogP contribution in [0.3, 0.4) is 0 Å². The molecule has 2 aromatic heterocycles. The lowest BCUT2D eigenvalue weighted by Crippen LogP contribution is -2.22. The SMILES string of the molecule is Cn1nccc1/C=C1/NC(=O)CC1=O.Cn1nccc1C=O.NCCO.O=C1CNC(=O)N1.[2HH]. The van der Waals surface area contributed by atoms with E-state index in [9.17, 15) is 24.0 Å². The molecule has 2 aliphatic heterocycles. The molecule has 2 fully saturated rings. The first-order chi connectivity index (χ1) is 15.7. The number of aliphatic hydroxyl groups excluding tert-OH is 1. The first kappa shape index (κ1) is 26.9.